The third-order valence-electron chi connectivity index (χ3n) is 3.77. The molecule has 0 aliphatic rings. The Hall–Kier alpha value is -2.66. The van der Waals surface area contributed by atoms with E-state index in [9.17, 15) is 9.59 Å². The Bertz CT molecular complexity index is 995. The molecule has 5 nitrogen and oxygen atoms in total. The summed E-state index contributed by atoms with van der Waals surface area (Å²) in [4.78, 5) is 24.9. The van der Waals surface area contributed by atoms with Gasteiger partial charge in [-0.15, -0.1) is 0 Å². The topological polar surface area (TPSA) is 64.0 Å². The maximum absolute atomic E-state index is 12.5. The number of rotatable bonds is 3. The van der Waals surface area contributed by atoms with Gasteiger partial charge in [-0.1, -0.05) is 41.4 Å². The predicted molar refractivity (Wildman–Crippen MR) is 94.3 cm³/mol. The van der Waals surface area contributed by atoms with E-state index in [0.29, 0.717) is 22.5 Å². The third-order valence-corrected chi connectivity index (χ3v) is 4.00. The van der Waals surface area contributed by atoms with E-state index in [4.69, 9.17) is 11.6 Å². The largest absolute Gasteiger partial charge is 0.346 e. The van der Waals surface area contributed by atoms with Crippen molar-refractivity contribution in [1.29, 1.82) is 0 Å². The van der Waals surface area contributed by atoms with Gasteiger partial charge in [0.2, 0.25) is 5.43 Å². The molecule has 1 heterocycles. The van der Waals surface area contributed by atoms with Crippen molar-refractivity contribution in [3.63, 3.8) is 0 Å². The zero-order chi connectivity index (χ0) is 17.3. The Balaban J connectivity index is 1.92. The Labute approximate surface area is 143 Å². The highest BCUT2D eigenvalue weighted by Crippen LogP contribution is 2.15. The second-order valence-electron chi connectivity index (χ2n) is 5.63. The first-order chi connectivity index (χ1) is 11.5. The second kappa shape index (κ2) is 6.45. The van der Waals surface area contributed by atoms with Crippen molar-refractivity contribution in [2.24, 2.45) is 7.05 Å². The maximum Gasteiger partial charge on any atom is 0.276 e. The van der Waals surface area contributed by atoms with Crippen LogP contribution in [0.3, 0.4) is 0 Å². The first-order valence-electron chi connectivity index (χ1n) is 7.46. The minimum atomic E-state index is -0.501. The number of nitrogens with one attached hydrogen (secondary N) is 1. The molecule has 0 unspecified atom stereocenters. The van der Waals surface area contributed by atoms with Gasteiger partial charge in [0.05, 0.1) is 10.9 Å². The highest BCUT2D eigenvalue weighted by molar-refractivity contribution is 6.31. The quantitative estimate of drug-likeness (QED) is 0.796. The Morgan fingerprint density at radius 1 is 1.25 bits per heavy atom. The van der Waals surface area contributed by atoms with E-state index in [-0.39, 0.29) is 5.69 Å². The van der Waals surface area contributed by atoms with Gasteiger partial charge in [-0.25, -0.2) is 0 Å². The summed E-state index contributed by atoms with van der Waals surface area (Å²) in [6, 6.07) is 12.7. The van der Waals surface area contributed by atoms with E-state index in [1.165, 1.54) is 4.68 Å². The molecular weight excluding hydrogens is 326 g/mol. The van der Waals surface area contributed by atoms with Crippen LogP contribution < -0.4 is 10.7 Å². The molecule has 0 aliphatic carbocycles. The molecule has 0 radical (unpaired) electrons. The molecule has 1 amide bonds. The normalized spacial score (nSPS) is 10.8. The van der Waals surface area contributed by atoms with Crippen LogP contribution in [-0.2, 0) is 13.6 Å². The average molecular weight is 342 g/mol. The number of nitrogens with zero attached hydrogens (tertiary/aromatic N) is 2. The molecule has 0 atom stereocenters. The SMILES string of the molecule is Cc1cccc(CNC(=O)c2nn(C)c3ccc(Cl)cc3c2=O)c1. The van der Waals surface area contributed by atoms with Gasteiger partial charge in [0.25, 0.3) is 5.91 Å². The van der Waals surface area contributed by atoms with E-state index in [1.807, 2.05) is 31.2 Å². The van der Waals surface area contributed by atoms with Gasteiger partial charge in [0.15, 0.2) is 5.69 Å². The number of hydrogen-bond acceptors (Lipinski definition) is 3. The van der Waals surface area contributed by atoms with Crippen LogP contribution in [0.2, 0.25) is 5.02 Å². The van der Waals surface area contributed by atoms with Gasteiger partial charge in [-0.2, -0.15) is 5.10 Å². The summed E-state index contributed by atoms with van der Waals surface area (Å²) >= 11 is 5.96. The maximum atomic E-state index is 12.5. The van der Waals surface area contributed by atoms with Crippen LogP contribution in [0, 0.1) is 6.92 Å². The molecule has 0 saturated heterocycles. The lowest BCUT2D eigenvalue weighted by Gasteiger charge is -2.09. The molecule has 2 aromatic carbocycles. The Kier molecular flexibility index (Phi) is 4.36. The standard InChI is InChI=1S/C18H16ClN3O2/c1-11-4-3-5-12(8-11)10-20-18(24)16-17(23)14-9-13(19)6-7-15(14)22(2)21-16/h3-9H,10H2,1-2H3,(H,20,24). The summed E-state index contributed by atoms with van der Waals surface area (Å²) in [5.74, 6) is -0.501. The molecule has 0 saturated carbocycles. The fraction of sp³-hybridized carbons (Fsp3) is 0.167. The van der Waals surface area contributed by atoms with Gasteiger partial charge < -0.3 is 5.32 Å². The number of fused-ring (bicyclic) bond motifs is 1. The van der Waals surface area contributed by atoms with Crippen LogP contribution >= 0.6 is 11.6 Å². The van der Waals surface area contributed by atoms with Crippen molar-refractivity contribution in [3.05, 3.63) is 74.5 Å². The van der Waals surface area contributed by atoms with Crippen molar-refractivity contribution in [3.8, 4) is 0 Å². The number of amides is 1. The van der Waals surface area contributed by atoms with Crippen LogP contribution in [0.5, 0.6) is 0 Å². The second-order valence-corrected chi connectivity index (χ2v) is 6.07. The molecule has 0 spiro atoms. The van der Waals surface area contributed by atoms with Crippen molar-refractivity contribution in [2.75, 3.05) is 0 Å². The molecule has 1 aromatic heterocycles. The lowest BCUT2D eigenvalue weighted by molar-refractivity contribution is 0.0943. The van der Waals surface area contributed by atoms with E-state index >= 15 is 0 Å². The van der Waals surface area contributed by atoms with Crippen LogP contribution in [0.4, 0.5) is 0 Å². The predicted octanol–water partition coefficient (Wildman–Crippen LogP) is 2.83. The van der Waals surface area contributed by atoms with Gasteiger partial charge in [-0.05, 0) is 30.7 Å². The number of carbonyl (C=O) groups is 1. The number of aryl methyl sites for hydroxylation is 2. The number of carbonyl (C=O) groups excluding carboxylic acids is 1. The summed E-state index contributed by atoms with van der Waals surface area (Å²) in [6.07, 6.45) is 0. The zero-order valence-electron chi connectivity index (χ0n) is 13.3. The van der Waals surface area contributed by atoms with Gasteiger partial charge >= 0.3 is 0 Å². The van der Waals surface area contributed by atoms with Gasteiger partial charge in [0, 0.05) is 18.6 Å². The fourth-order valence-electron chi connectivity index (χ4n) is 2.59. The highest BCUT2D eigenvalue weighted by Gasteiger charge is 2.16. The average Bonchev–Trinajstić information content (AvgIpc) is 2.56. The smallest absolute Gasteiger partial charge is 0.276 e. The zero-order valence-corrected chi connectivity index (χ0v) is 14.1. The van der Waals surface area contributed by atoms with Crippen molar-refractivity contribution >= 4 is 28.4 Å². The number of halogens is 1. The third kappa shape index (κ3) is 3.16. The number of hydrogen-bond donors (Lipinski definition) is 1. The molecule has 3 rings (SSSR count). The van der Waals surface area contributed by atoms with Crippen molar-refractivity contribution in [1.82, 2.24) is 15.1 Å². The molecule has 0 bridgehead atoms. The molecule has 122 valence electrons. The highest BCUT2D eigenvalue weighted by atomic mass is 35.5. The molecule has 6 heteroatoms. The van der Waals surface area contributed by atoms with Crippen molar-refractivity contribution in [2.45, 2.75) is 13.5 Å². The summed E-state index contributed by atoms with van der Waals surface area (Å²) in [5.41, 5.74) is 2.13. The number of aromatic nitrogens is 2. The van der Waals surface area contributed by atoms with Crippen molar-refractivity contribution < 1.29 is 4.79 Å². The van der Waals surface area contributed by atoms with Crippen LogP contribution in [-0.4, -0.2) is 15.7 Å². The van der Waals surface area contributed by atoms with Gasteiger partial charge in [0.1, 0.15) is 0 Å². The van der Waals surface area contributed by atoms with E-state index in [2.05, 4.69) is 10.4 Å². The molecule has 24 heavy (non-hydrogen) atoms. The first kappa shape index (κ1) is 16.2. The Morgan fingerprint density at radius 2 is 2.04 bits per heavy atom. The molecule has 1 N–H and O–H groups in total. The van der Waals surface area contributed by atoms with Crippen LogP contribution in [0.1, 0.15) is 21.6 Å². The fourth-order valence-corrected chi connectivity index (χ4v) is 2.76. The molecule has 0 aliphatic heterocycles. The van der Waals surface area contributed by atoms with E-state index in [0.717, 1.165) is 11.1 Å². The minimum Gasteiger partial charge on any atom is -0.346 e. The minimum absolute atomic E-state index is 0.139. The summed E-state index contributed by atoms with van der Waals surface area (Å²) in [7, 11) is 1.69. The lowest BCUT2D eigenvalue weighted by Crippen LogP contribution is -2.31. The lowest BCUT2D eigenvalue weighted by atomic mass is 10.1. The number of benzene rings is 2. The first-order valence-corrected chi connectivity index (χ1v) is 7.84. The summed E-state index contributed by atoms with van der Waals surface area (Å²) in [5, 5.41) is 7.67. The molecule has 0 fully saturated rings. The van der Waals surface area contributed by atoms with Gasteiger partial charge in [-0.3, -0.25) is 14.3 Å². The molecule has 3 aromatic rings. The molecular formula is C18H16ClN3O2. The van der Waals surface area contributed by atoms with E-state index < -0.39 is 11.3 Å². The van der Waals surface area contributed by atoms with Crippen LogP contribution in [0.15, 0.2) is 47.3 Å². The van der Waals surface area contributed by atoms with E-state index in [1.54, 1.807) is 25.2 Å². The monoisotopic (exact) mass is 341 g/mol. The summed E-state index contributed by atoms with van der Waals surface area (Å²) < 4.78 is 1.51. The van der Waals surface area contributed by atoms with Crippen LogP contribution in [0.25, 0.3) is 10.9 Å². The Morgan fingerprint density at radius 3 is 2.79 bits per heavy atom. The summed E-state index contributed by atoms with van der Waals surface area (Å²) in [6.45, 7) is 2.31.